The minimum atomic E-state index is -0.621. The highest BCUT2D eigenvalue weighted by molar-refractivity contribution is 6.01. The molecule has 6 heteroatoms. The molecule has 1 aromatic heterocycles. The van der Waals surface area contributed by atoms with Crippen LogP contribution in [0.4, 0.5) is 0 Å². The maximum absolute atomic E-state index is 13.1. The Kier molecular flexibility index (Phi) is 6.03. The molecule has 0 aliphatic rings. The summed E-state index contributed by atoms with van der Waals surface area (Å²) in [6.07, 6.45) is 0.0151. The summed E-state index contributed by atoms with van der Waals surface area (Å²) < 4.78 is 6.24. The van der Waals surface area contributed by atoms with E-state index in [4.69, 9.17) is 4.74 Å². The fourth-order valence-electron chi connectivity index (χ4n) is 3.51. The molecule has 0 saturated heterocycles. The highest BCUT2D eigenvalue weighted by atomic mass is 16.5. The number of nitrogens with zero attached hydrogens (tertiary/aromatic N) is 2. The first-order valence-corrected chi connectivity index (χ1v) is 9.48. The lowest BCUT2D eigenvalue weighted by atomic mass is 9.96. The minimum Gasteiger partial charge on any atom is -0.497 e. The number of nitriles is 1. The van der Waals surface area contributed by atoms with E-state index in [9.17, 15) is 20.0 Å². The molecule has 0 amide bonds. The molecule has 1 N–H and O–H groups in total. The molecule has 0 spiro atoms. The van der Waals surface area contributed by atoms with Crippen LogP contribution in [0.5, 0.6) is 11.6 Å². The van der Waals surface area contributed by atoms with Gasteiger partial charge >= 0.3 is 0 Å². The Hall–Kier alpha value is -3.85. The summed E-state index contributed by atoms with van der Waals surface area (Å²) in [5.41, 5.74) is 0.918. The van der Waals surface area contributed by atoms with Crippen LogP contribution in [0.15, 0.2) is 59.4 Å². The Bertz CT molecular complexity index is 1170. The van der Waals surface area contributed by atoms with Gasteiger partial charge in [0, 0.05) is 6.42 Å². The fourth-order valence-corrected chi connectivity index (χ4v) is 3.51. The van der Waals surface area contributed by atoms with Gasteiger partial charge in [0.25, 0.3) is 5.56 Å². The summed E-state index contributed by atoms with van der Waals surface area (Å²) >= 11 is 0. The van der Waals surface area contributed by atoms with Crippen LogP contribution in [0.2, 0.25) is 0 Å². The average Bonchev–Trinajstić information content (AvgIpc) is 2.75. The maximum atomic E-state index is 13.1. The van der Waals surface area contributed by atoms with Crippen molar-refractivity contribution in [2.45, 2.75) is 26.3 Å². The predicted molar refractivity (Wildman–Crippen MR) is 113 cm³/mol. The number of carbonyl (C=O) groups is 1. The van der Waals surface area contributed by atoms with Crippen molar-refractivity contribution in [1.82, 2.24) is 4.57 Å². The Morgan fingerprint density at radius 2 is 1.80 bits per heavy atom. The molecule has 0 fully saturated rings. The number of pyridine rings is 1. The number of ketones is 1. The summed E-state index contributed by atoms with van der Waals surface area (Å²) in [5.74, 6) is -0.130. The smallest absolute Gasteiger partial charge is 0.272 e. The number of ether oxygens (including phenoxy) is 1. The number of aromatic hydroxyl groups is 1. The number of benzene rings is 2. The molecule has 1 unspecified atom stereocenters. The number of carbonyl (C=O) groups excluding carboxylic acids is 1. The van der Waals surface area contributed by atoms with Gasteiger partial charge in [-0.15, -0.1) is 0 Å². The third kappa shape index (κ3) is 3.83. The molecule has 1 heterocycles. The number of rotatable bonds is 6. The molecule has 0 aliphatic carbocycles. The lowest BCUT2D eigenvalue weighted by Crippen LogP contribution is -2.29. The first-order valence-electron chi connectivity index (χ1n) is 9.48. The molecule has 0 aliphatic heterocycles. The third-order valence-electron chi connectivity index (χ3n) is 5.22. The third-order valence-corrected chi connectivity index (χ3v) is 5.22. The van der Waals surface area contributed by atoms with Crippen molar-refractivity contribution in [1.29, 1.82) is 5.26 Å². The Morgan fingerprint density at radius 1 is 1.17 bits per heavy atom. The Morgan fingerprint density at radius 3 is 2.37 bits per heavy atom. The van der Waals surface area contributed by atoms with Crippen LogP contribution in [0.1, 0.15) is 45.6 Å². The van der Waals surface area contributed by atoms with Crippen molar-refractivity contribution < 1.29 is 14.6 Å². The SMILES string of the molecule is COc1ccc(CC(=O)c2c(C)c(C#N)c(=O)n(C(C)c3ccccc3)c2O)cc1. The Labute approximate surface area is 174 Å². The standard InChI is InChI=1S/C24H22N2O4/c1-15-20(14-25)23(28)26(16(2)18-7-5-4-6-8-18)24(29)22(15)21(27)13-17-9-11-19(30-3)12-10-17/h4-12,16,29H,13H2,1-3H3. The first kappa shape index (κ1) is 20.9. The monoisotopic (exact) mass is 402 g/mol. The second-order valence-corrected chi connectivity index (χ2v) is 7.02. The minimum absolute atomic E-state index is 0.00949. The second kappa shape index (κ2) is 8.66. The molecule has 0 saturated carbocycles. The van der Waals surface area contributed by atoms with E-state index < -0.39 is 17.5 Å². The molecule has 152 valence electrons. The zero-order valence-electron chi connectivity index (χ0n) is 17.0. The largest absolute Gasteiger partial charge is 0.497 e. The van der Waals surface area contributed by atoms with Gasteiger partial charge in [-0.2, -0.15) is 5.26 Å². The molecule has 30 heavy (non-hydrogen) atoms. The van der Waals surface area contributed by atoms with Gasteiger partial charge in [-0.05, 0) is 42.7 Å². The van der Waals surface area contributed by atoms with Crippen LogP contribution in [-0.2, 0) is 6.42 Å². The van der Waals surface area contributed by atoms with Gasteiger partial charge in [0.2, 0.25) is 5.88 Å². The van der Waals surface area contributed by atoms with Crippen LogP contribution in [0.3, 0.4) is 0 Å². The molecule has 3 rings (SSSR count). The summed E-state index contributed by atoms with van der Waals surface area (Å²) in [6, 6.07) is 17.5. The van der Waals surface area contributed by atoms with Crippen molar-refractivity contribution in [2.24, 2.45) is 0 Å². The van der Waals surface area contributed by atoms with Crippen molar-refractivity contribution in [3.63, 3.8) is 0 Å². The highest BCUT2D eigenvalue weighted by Gasteiger charge is 2.26. The number of hydrogen-bond acceptors (Lipinski definition) is 5. The number of hydrogen-bond donors (Lipinski definition) is 1. The molecule has 1 atom stereocenters. The van der Waals surface area contributed by atoms with Crippen LogP contribution in [0, 0.1) is 18.3 Å². The van der Waals surface area contributed by atoms with E-state index in [0.717, 1.165) is 15.7 Å². The van der Waals surface area contributed by atoms with E-state index in [2.05, 4.69) is 0 Å². The number of Topliss-reactive ketones (excluding diaryl/α,β-unsaturated/α-hetero) is 1. The zero-order chi connectivity index (χ0) is 21.8. The summed E-state index contributed by atoms with van der Waals surface area (Å²) in [5, 5.41) is 20.5. The normalized spacial score (nSPS) is 11.5. The van der Waals surface area contributed by atoms with Gasteiger partial charge < -0.3 is 9.84 Å². The van der Waals surface area contributed by atoms with Gasteiger partial charge in [0.15, 0.2) is 5.78 Å². The van der Waals surface area contributed by atoms with E-state index in [-0.39, 0.29) is 28.9 Å². The van der Waals surface area contributed by atoms with Crippen molar-refractivity contribution in [3.05, 3.63) is 92.8 Å². The molecule has 0 bridgehead atoms. The maximum Gasteiger partial charge on any atom is 0.272 e. The second-order valence-electron chi connectivity index (χ2n) is 7.02. The molecule has 2 aromatic carbocycles. The van der Waals surface area contributed by atoms with Gasteiger partial charge in [-0.25, -0.2) is 0 Å². The molecule has 3 aromatic rings. The van der Waals surface area contributed by atoms with E-state index in [1.54, 1.807) is 38.3 Å². The van der Waals surface area contributed by atoms with Gasteiger partial charge in [-0.3, -0.25) is 14.2 Å². The van der Waals surface area contributed by atoms with Gasteiger partial charge in [0.1, 0.15) is 17.4 Å². The first-order chi connectivity index (χ1) is 14.4. The molecule has 6 nitrogen and oxygen atoms in total. The predicted octanol–water partition coefficient (Wildman–Crippen LogP) is 3.78. The van der Waals surface area contributed by atoms with Crippen LogP contribution < -0.4 is 10.3 Å². The average molecular weight is 402 g/mol. The lowest BCUT2D eigenvalue weighted by Gasteiger charge is -2.21. The molecule has 0 radical (unpaired) electrons. The number of aromatic nitrogens is 1. The lowest BCUT2D eigenvalue weighted by molar-refractivity contribution is 0.0988. The quantitative estimate of drug-likeness (QED) is 0.634. The van der Waals surface area contributed by atoms with Gasteiger partial charge in [0.05, 0.1) is 18.7 Å². The zero-order valence-corrected chi connectivity index (χ0v) is 17.0. The Balaban J connectivity index is 2.11. The van der Waals surface area contributed by atoms with Crippen molar-refractivity contribution in [2.75, 3.05) is 7.11 Å². The van der Waals surface area contributed by atoms with Crippen molar-refractivity contribution in [3.8, 4) is 17.7 Å². The van der Waals surface area contributed by atoms with E-state index in [0.29, 0.717) is 5.75 Å². The van der Waals surface area contributed by atoms with Crippen LogP contribution in [0.25, 0.3) is 0 Å². The summed E-state index contributed by atoms with van der Waals surface area (Å²) in [4.78, 5) is 26.0. The summed E-state index contributed by atoms with van der Waals surface area (Å²) in [6.45, 7) is 3.25. The van der Waals surface area contributed by atoms with Gasteiger partial charge in [-0.1, -0.05) is 42.5 Å². The van der Waals surface area contributed by atoms with Crippen LogP contribution in [-0.4, -0.2) is 22.6 Å². The molecular formula is C24H22N2O4. The molecular weight excluding hydrogens is 380 g/mol. The fraction of sp³-hybridized carbons (Fsp3) is 0.208. The van der Waals surface area contributed by atoms with E-state index >= 15 is 0 Å². The van der Waals surface area contributed by atoms with Crippen molar-refractivity contribution >= 4 is 5.78 Å². The highest BCUT2D eigenvalue weighted by Crippen LogP contribution is 2.29. The van der Waals surface area contributed by atoms with E-state index in [1.807, 2.05) is 36.4 Å². The van der Waals surface area contributed by atoms with E-state index in [1.165, 1.54) is 6.92 Å². The van der Waals surface area contributed by atoms with Crippen LogP contribution >= 0.6 is 0 Å². The topological polar surface area (TPSA) is 92.3 Å². The number of methoxy groups -OCH3 is 1. The summed E-state index contributed by atoms with van der Waals surface area (Å²) in [7, 11) is 1.56.